The summed E-state index contributed by atoms with van der Waals surface area (Å²) >= 11 is 0. The van der Waals surface area contributed by atoms with E-state index in [2.05, 4.69) is 15.6 Å². The highest BCUT2D eigenvalue weighted by Gasteiger charge is 2.22. The minimum absolute atomic E-state index is 0. The van der Waals surface area contributed by atoms with E-state index in [9.17, 15) is 9.59 Å². The Balaban J connectivity index is 0.00000261. The molecule has 9 heteroatoms. The van der Waals surface area contributed by atoms with Crippen molar-refractivity contribution in [3.63, 3.8) is 0 Å². The van der Waals surface area contributed by atoms with E-state index in [1.807, 2.05) is 12.1 Å². The molecule has 0 saturated carbocycles. The van der Waals surface area contributed by atoms with Gasteiger partial charge < -0.3 is 26.0 Å². The van der Waals surface area contributed by atoms with Crippen molar-refractivity contribution in [1.29, 1.82) is 0 Å². The van der Waals surface area contributed by atoms with Gasteiger partial charge in [0.1, 0.15) is 0 Å². The standard InChI is InChI=1S/C18H25N5O3.HI/c19-18(22-11-15-2-1-9-26-15)21-10-13-3-5-14(6-4-13)17(25)23-8-7-20-16(24)12-23;/h3-6,15H,1-2,7-12H2,(H,20,24)(H3,19,21,22);1H. The van der Waals surface area contributed by atoms with Crippen LogP contribution < -0.4 is 16.4 Å². The molecule has 2 fully saturated rings. The molecule has 1 atom stereocenters. The number of hydrogen-bond donors (Lipinski definition) is 3. The molecule has 2 saturated heterocycles. The Kier molecular flexibility index (Phi) is 8.29. The number of nitrogens with zero attached hydrogens (tertiary/aromatic N) is 2. The van der Waals surface area contributed by atoms with Crippen molar-refractivity contribution >= 4 is 41.8 Å². The van der Waals surface area contributed by atoms with Crippen LogP contribution in [0.4, 0.5) is 0 Å². The zero-order valence-electron chi connectivity index (χ0n) is 15.1. The minimum atomic E-state index is -0.132. The smallest absolute Gasteiger partial charge is 0.254 e. The fraction of sp³-hybridized carbons (Fsp3) is 0.500. The molecule has 0 bridgehead atoms. The van der Waals surface area contributed by atoms with Gasteiger partial charge in [-0.15, -0.1) is 24.0 Å². The molecule has 0 aliphatic carbocycles. The van der Waals surface area contributed by atoms with Crippen LogP contribution in [0, 0.1) is 0 Å². The van der Waals surface area contributed by atoms with Gasteiger partial charge in [0.15, 0.2) is 5.96 Å². The molecule has 8 nitrogen and oxygen atoms in total. The van der Waals surface area contributed by atoms with Gasteiger partial charge in [0.25, 0.3) is 5.91 Å². The van der Waals surface area contributed by atoms with Gasteiger partial charge in [-0.05, 0) is 30.5 Å². The van der Waals surface area contributed by atoms with Gasteiger partial charge in [0.05, 0.1) is 19.2 Å². The summed E-state index contributed by atoms with van der Waals surface area (Å²) in [4.78, 5) is 29.7. The van der Waals surface area contributed by atoms with Gasteiger partial charge in [-0.3, -0.25) is 9.59 Å². The van der Waals surface area contributed by atoms with Crippen LogP contribution >= 0.6 is 24.0 Å². The van der Waals surface area contributed by atoms with Crippen molar-refractivity contribution in [1.82, 2.24) is 15.5 Å². The van der Waals surface area contributed by atoms with Crippen LogP contribution in [0.2, 0.25) is 0 Å². The molecule has 0 radical (unpaired) electrons. The van der Waals surface area contributed by atoms with E-state index in [1.165, 1.54) is 0 Å². The highest BCUT2D eigenvalue weighted by molar-refractivity contribution is 14.0. The van der Waals surface area contributed by atoms with Crippen molar-refractivity contribution in [3.05, 3.63) is 35.4 Å². The molecule has 2 aliphatic heterocycles. The van der Waals surface area contributed by atoms with E-state index in [-0.39, 0.29) is 48.4 Å². The molecule has 1 aromatic rings. The summed E-state index contributed by atoms with van der Waals surface area (Å²) < 4.78 is 5.52. The maximum atomic E-state index is 12.4. The van der Waals surface area contributed by atoms with Gasteiger partial charge in [0, 0.05) is 31.8 Å². The average molecular weight is 487 g/mol. The zero-order chi connectivity index (χ0) is 18.4. The highest BCUT2D eigenvalue weighted by atomic mass is 127. The second-order valence-corrected chi connectivity index (χ2v) is 6.49. The summed E-state index contributed by atoms with van der Waals surface area (Å²) in [7, 11) is 0. The molecular formula is C18H26IN5O3. The molecule has 1 unspecified atom stereocenters. The molecule has 148 valence electrons. The summed E-state index contributed by atoms with van der Waals surface area (Å²) in [6.45, 7) is 3.06. The van der Waals surface area contributed by atoms with Gasteiger partial charge in [-0.25, -0.2) is 4.99 Å². The van der Waals surface area contributed by atoms with Crippen LogP contribution in [0.3, 0.4) is 0 Å². The van der Waals surface area contributed by atoms with Crippen LogP contribution in [-0.4, -0.2) is 61.6 Å². The largest absolute Gasteiger partial charge is 0.376 e. The van der Waals surface area contributed by atoms with Crippen molar-refractivity contribution < 1.29 is 14.3 Å². The van der Waals surface area contributed by atoms with Gasteiger partial charge in [0.2, 0.25) is 5.91 Å². The van der Waals surface area contributed by atoms with E-state index < -0.39 is 0 Å². The lowest BCUT2D eigenvalue weighted by Gasteiger charge is -2.26. The number of halogens is 1. The third-order valence-electron chi connectivity index (χ3n) is 4.49. The van der Waals surface area contributed by atoms with E-state index in [0.29, 0.717) is 37.7 Å². The Labute approximate surface area is 175 Å². The van der Waals surface area contributed by atoms with Crippen LogP contribution in [0.15, 0.2) is 29.3 Å². The molecule has 1 aromatic carbocycles. The van der Waals surface area contributed by atoms with Crippen LogP contribution in [0.5, 0.6) is 0 Å². The summed E-state index contributed by atoms with van der Waals surface area (Å²) in [5.41, 5.74) is 7.40. The van der Waals surface area contributed by atoms with Crippen LogP contribution in [-0.2, 0) is 16.1 Å². The third kappa shape index (κ3) is 6.35. The number of carbonyl (C=O) groups is 2. The van der Waals surface area contributed by atoms with E-state index in [0.717, 1.165) is 25.0 Å². The number of ether oxygens (including phenoxy) is 1. The first-order valence-corrected chi connectivity index (χ1v) is 8.92. The lowest BCUT2D eigenvalue weighted by Crippen LogP contribution is -2.49. The first-order chi connectivity index (χ1) is 12.6. The van der Waals surface area contributed by atoms with Crippen molar-refractivity contribution in [2.75, 3.05) is 32.8 Å². The van der Waals surface area contributed by atoms with Crippen LogP contribution in [0.1, 0.15) is 28.8 Å². The lowest BCUT2D eigenvalue weighted by molar-refractivity contribution is -0.123. The van der Waals surface area contributed by atoms with E-state index in [1.54, 1.807) is 17.0 Å². The highest BCUT2D eigenvalue weighted by Crippen LogP contribution is 2.11. The first-order valence-electron chi connectivity index (χ1n) is 8.92. The quantitative estimate of drug-likeness (QED) is 0.318. The second-order valence-electron chi connectivity index (χ2n) is 6.49. The molecule has 0 spiro atoms. The molecule has 4 N–H and O–H groups in total. The number of benzene rings is 1. The zero-order valence-corrected chi connectivity index (χ0v) is 17.5. The fourth-order valence-corrected chi connectivity index (χ4v) is 3.00. The Morgan fingerprint density at radius 2 is 2.15 bits per heavy atom. The Hall–Kier alpha value is -1.88. The summed E-state index contributed by atoms with van der Waals surface area (Å²) in [6, 6.07) is 7.23. The summed E-state index contributed by atoms with van der Waals surface area (Å²) in [5.74, 6) is 0.133. The normalized spacial score (nSPS) is 20.0. The van der Waals surface area contributed by atoms with Gasteiger partial charge in [-0.2, -0.15) is 0 Å². The van der Waals surface area contributed by atoms with Gasteiger partial charge in [-0.1, -0.05) is 12.1 Å². The van der Waals surface area contributed by atoms with Crippen molar-refractivity contribution in [3.8, 4) is 0 Å². The summed E-state index contributed by atoms with van der Waals surface area (Å²) in [5, 5.41) is 5.79. The third-order valence-corrected chi connectivity index (χ3v) is 4.49. The van der Waals surface area contributed by atoms with E-state index >= 15 is 0 Å². The number of carbonyl (C=O) groups excluding carboxylic acids is 2. The maximum Gasteiger partial charge on any atom is 0.254 e. The molecule has 2 heterocycles. The number of amides is 2. The maximum absolute atomic E-state index is 12.4. The Morgan fingerprint density at radius 1 is 1.37 bits per heavy atom. The van der Waals surface area contributed by atoms with Crippen molar-refractivity contribution in [2.45, 2.75) is 25.5 Å². The van der Waals surface area contributed by atoms with Gasteiger partial charge >= 0.3 is 0 Å². The second kappa shape index (κ2) is 10.5. The topological polar surface area (TPSA) is 109 Å². The monoisotopic (exact) mass is 487 g/mol. The predicted octanol–water partition coefficient (Wildman–Crippen LogP) is 0.460. The molecule has 0 aromatic heterocycles. The SMILES string of the molecule is I.NC(=NCc1ccc(C(=O)N2CCNC(=O)C2)cc1)NCC1CCCO1. The first kappa shape index (κ1) is 21.4. The predicted molar refractivity (Wildman–Crippen MR) is 113 cm³/mol. The number of guanidine groups is 1. The Morgan fingerprint density at radius 3 is 2.81 bits per heavy atom. The molecule has 3 rings (SSSR count). The number of hydrogen-bond acceptors (Lipinski definition) is 4. The number of aliphatic imine (C=N–C) groups is 1. The molecular weight excluding hydrogens is 461 g/mol. The fourth-order valence-electron chi connectivity index (χ4n) is 3.00. The lowest BCUT2D eigenvalue weighted by atomic mass is 10.1. The number of piperazine rings is 1. The average Bonchev–Trinajstić information content (AvgIpc) is 3.18. The van der Waals surface area contributed by atoms with Crippen LogP contribution in [0.25, 0.3) is 0 Å². The van der Waals surface area contributed by atoms with E-state index in [4.69, 9.17) is 10.5 Å². The molecule has 2 aliphatic rings. The molecule has 2 amide bonds. The number of rotatable bonds is 5. The minimum Gasteiger partial charge on any atom is -0.376 e. The molecule has 27 heavy (non-hydrogen) atoms. The van der Waals surface area contributed by atoms with Crippen molar-refractivity contribution in [2.24, 2.45) is 10.7 Å². The number of nitrogens with two attached hydrogens (primary N) is 1. The summed E-state index contributed by atoms with van der Waals surface area (Å²) in [6.07, 6.45) is 2.36. The number of nitrogens with one attached hydrogen (secondary N) is 2. The Bertz CT molecular complexity index is 674.